The molecule has 3 rings (SSSR count). The first-order chi connectivity index (χ1) is 18.8. The summed E-state index contributed by atoms with van der Waals surface area (Å²) in [5.74, 6) is 0. The second-order valence-corrected chi connectivity index (χ2v) is 12.7. The van der Waals surface area contributed by atoms with Crippen molar-refractivity contribution >= 4 is 0 Å². The zero-order valence-electron chi connectivity index (χ0n) is 25.4. The first-order valence-corrected chi connectivity index (χ1v) is 17.1. The zero-order valence-corrected chi connectivity index (χ0v) is 25.4. The summed E-state index contributed by atoms with van der Waals surface area (Å²) in [6.45, 7) is 4.78. The molecule has 0 aromatic carbocycles. The maximum atomic E-state index is 3.94. The normalized spacial score (nSPS) is 30.5. The van der Waals surface area contributed by atoms with Gasteiger partial charge in [-0.1, -0.05) is 64.2 Å². The maximum Gasteiger partial charge on any atom is 0.0221 e. The lowest BCUT2D eigenvalue weighted by Crippen LogP contribution is -2.50. The van der Waals surface area contributed by atoms with Gasteiger partial charge >= 0.3 is 0 Å². The van der Waals surface area contributed by atoms with Crippen LogP contribution in [0.3, 0.4) is 0 Å². The van der Waals surface area contributed by atoms with Gasteiger partial charge in [-0.2, -0.15) is 0 Å². The van der Waals surface area contributed by atoms with Crippen LogP contribution in [0.1, 0.15) is 128 Å². The highest BCUT2D eigenvalue weighted by Crippen LogP contribution is 2.20. The molecular weight excluding hydrogens is 468 g/mol. The third-order valence-electron chi connectivity index (χ3n) is 9.87. The molecule has 0 saturated heterocycles. The Balaban J connectivity index is 1.13. The molecule has 0 amide bonds. The van der Waals surface area contributed by atoms with E-state index in [1.54, 1.807) is 0 Å². The van der Waals surface area contributed by atoms with Crippen molar-refractivity contribution in [2.75, 3.05) is 40.3 Å². The van der Waals surface area contributed by atoms with Gasteiger partial charge in [-0.15, -0.1) is 0 Å². The van der Waals surface area contributed by atoms with E-state index in [9.17, 15) is 0 Å². The fourth-order valence-electron chi connectivity index (χ4n) is 7.42. The van der Waals surface area contributed by atoms with Gasteiger partial charge in [0.15, 0.2) is 0 Å². The Morgan fingerprint density at radius 1 is 0.342 bits per heavy atom. The second kappa shape index (κ2) is 20.6. The lowest BCUT2D eigenvalue weighted by Gasteiger charge is -2.33. The predicted molar refractivity (Wildman–Crippen MR) is 165 cm³/mol. The summed E-state index contributed by atoms with van der Waals surface area (Å²) < 4.78 is 0. The van der Waals surface area contributed by atoms with Crippen LogP contribution in [0.15, 0.2) is 0 Å². The smallest absolute Gasteiger partial charge is 0.0221 e. The SMILES string of the molecule is CN[C@H]1CCCC[C@@H]1NCCCCCCN[C@H]1CCCC[C@@H]1NCCCCCCN[C@H]1CCCC[C@@H]1NC. The lowest BCUT2D eigenvalue weighted by molar-refractivity contribution is 0.280. The summed E-state index contributed by atoms with van der Waals surface area (Å²) in [5, 5.41) is 22.6. The standard InChI is InChI=1S/C32H66N6/c1-33-27-17-7-9-19-29(27)35-23-13-3-5-15-25-37-31-21-11-12-22-32(31)38-26-16-6-4-14-24-36-30-20-10-8-18-28(30)34-2/h27-38H,3-26H2,1-2H3/t27-,28-,29-,30-,31-,32-/m0/s1. The van der Waals surface area contributed by atoms with E-state index in [1.165, 1.54) is 155 Å². The van der Waals surface area contributed by atoms with Gasteiger partial charge in [0, 0.05) is 36.3 Å². The van der Waals surface area contributed by atoms with Gasteiger partial charge in [-0.05, 0) is 104 Å². The molecule has 3 aliphatic carbocycles. The maximum absolute atomic E-state index is 3.94. The van der Waals surface area contributed by atoms with Crippen LogP contribution in [-0.4, -0.2) is 76.5 Å². The number of likely N-dealkylation sites (N-methyl/N-ethyl adjacent to an activating group) is 2. The molecule has 0 unspecified atom stereocenters. The quantitative estimate of drug-likeness (QED) is 0.126. The highest BCUT2D eigenvalue weighted by molar-refractivity contribution is 4.87. The molecule has 0 radical (unpaired) electrons. The van der Waals surface area contributed by atoms with Crippen molar-refractivity contribution in [2.45, 2.75) is 165 Å². The van der Waals surface area contributed by atoms with Gasteiger partial charge in [0.25, 0.3) is 0 Å². The van der Waals surface area contributed by atoms with Crippen molar-refractivity contribution in [1.29, 1.82) is 0 Å². The summed E-state index contributed by atoms with van der Waals surface area (Å²) in [6, 6.07) is 4.14. The molecule has 0 aromatic rings. The number of rotatable bonds is 20. The van der Waals surface area contributed by atoms with E-state index < -0.39 is 0 Å². The summed E-state index contributed by atoms with van der Waals surface area (Å²) >= 11 is 0. The third kappa shape index (κ3) is 12.5. The Morgan fingerprint density at radius 3 is 0.842 bits per heavy atom. The Kier molecular flexibility index (Phi) is 17.5. The first-order valence-electron chi connectivity index (χ1n) is 17.1. The van der Waals surface area contributed by atoms with Gasteiger partial charge in [0.05, 0.1) is 0 Å². The van der Waals surface area contributed by atoms with Gasteiger partial charge < -0.3 is 31.9 Å². The molecule has 0 bridgehead atoms. The topological polar surface area (TPSA) is 72.2 Å². The van der Waals surface area contributed by atoms with E-state index in [1.807, 2.05) is 0 Å². The van der Waals surface area contributed by atoms with Crippen molar-refractivity contribution < 1.29 is 0 Å². The summed E-state index contributed by atoms with van der Waals surface area (Å²) in [6.07, 6.45) is 27.2. The molecule has 224 valence electrons. The van der Waals surface area contributed by atoms with Crippen molar-refractivity contribution in [2.24, 2.45) is 0 Å². The minimum Gasteiger partial charge on any atom is -0.315 e. The van der Waals surface area contributed by atoms with Crippen molar-refractivity contribution in [1.82, 2.24) is 31.9 Å². The molecule has 6 heteroatoms. The summed E-state index contributed by atoms with van der Waals surface area (Å²) in [7, 11) is 4.25. The van der Waals surface area contributed by atoms with Crippen LogP contribution in [0.25, 0.3) is 0 Å². The Bertz CT molecular complexity index is 512. The number of nitrogens with one attached hydrogen (secondary N) is 6. The minimum atomic E-state index is 0.685. The highest BCUT2D eigenvalue weighted by Gasteiger charge is 2.25. The molecule has 0 spiro atoms. The Labute approximate surface area is 236 Å². The van der Waals surface area contributed by atoms with Crippen molar-refractivity contribution in [3.63, 3.8) is 0 Å². The lowest BCUT2D eigenvalue weighted by atomic mass is 9.90. The highest BCUT2D eigenvalue weighted by atomic mass is 15.0. The number of hydrogen-bond donors (Lipinski definition) is 6. The van der Waals surface area contributed by atoms with Crippen LogP contribution in [0.2, 0.25) is 0 Å². The van der Waals surface area contributed by atoms with Crippen LogP contribution in [0.5, 0.6) is 0 Å². The van der Waals surface area contributed by atoms with Gasteiger partial charge in [0.2, 0.25) is 0 Å². The van der Waals surface area contributed by atoms with Gasteiger partial charge in [-0.3, -0.25) is 0 Å². The van der Waals surface area contributed by atoms with E-state index in [0.29, 0.717) is 36.3 Å². The Hall–Kier alpha value is -0.240. The monoisotopic (exact) mass is 535 g/mol. The fourth-order valence-corrected chi connectivity index (χ4v) is 7.42. The van der Waals surface area contributed by atoms with Crippen LogP contribution in [-0.2, 0) is 0 Å². The van der Waals surface area contributed by atoms with E-state index in [2.05, 4.69) is 46.0 Å². The molecule has 3 aliphatic rings. The molecule has 6 N–H and O–H groups in total. The summed E-state index contributed by atoms with van der Waals surface area (Å²) in [4.78, 5) is 0. The fraction of sp³-hybridized carbons (Fsp3) is 1.00. The van der Waals surface area contributed by atoms with E-state index in [4.69, 9.17) is 0 Å². The van der Waals surface area contributed by atoms with Crippen LogP contribution >= 0.6 is 0 Å². The third-order valence-corrected chi connectivity index (χ3v) is 9.87. The molecule has 3 saturated carbocycles. The van der Waals surface area contributed by atoms with Crippen molar-refractivity contribution in [3.8, 4) is 0 Å². The van der Waals surface area contributed by atoms with Crippen LogP contribution < -0.4 is 31.9 Å². The van der Waals surface area contributed by atoms with Gasteiger partial charge in [-0.25, -0.2) is 0 Å². The molecule has 3 fully saturated rings. The van der Waals surface area contributed by atoms with Crippen LogP contribution in [0, 0.1) is 0 Å². The molecule has 6 nitrogen and oxygen atoms in total. The predicted octanol–water partition coefficient (Wildman–Crippen LogP) is 4.84. The number of unbranched alkanes of at least 4 members (excludes halogenated alkanes) is 6. The molecule has 0 aliphatic heterocycles. The molecule has 6 atom stereocenters. The molecular formula is C32H66N6. The van der Waals surface area contributed by atoms with Crippen molar-refractivity contribution in [3.05, 3.63) is 0 Å². The second-order valence-electron chi connectivity index (χ2n) is 12.7. The van der Waals surface area contributed by atoms with E-state index >= 15 is 0 Å². The average molecular weight is 535 g/mol. The van der Waals surface area contributed by atoms with E-state index in [-0.39, 0.29) is 0 Å². The molecule has 38 heavy (non-hydrogen) atoms. The van der Waals surface area contributed by atoms with Crippen LogP contribution in [0.4, 0.5) is 0 Å². The van der Waals surface area contributed by atoms with E-state index in [0.717, 1.165) is 0 Å². The molecule has 0 aromatic heterocycles. The number of hydrogen-bond acceptors (Lipinski definition) is 6. The Morgan fingerprint density at radius 2 is 0.579 bits per heavy atom. The zero-order chi connectivity index (χ0) is 26.7. The summed E-state index contributed by atoms with van der Waals surface area (Å²) in [5.41, 5.74) is 0. The molecule has 0 heterocycles. The first kappa shape index (κ1) is 32.3. The van der Waals surface area contributed by atoms with Gasteiger partial charge in [0.1, 0.15) is 0 Å². The minimum absolute atomic E-state index is 0.685. The largest absolute Gasteiger partial charge is 0.315 e. The average Bonchev–Trinajstić information content (AvgIpc) is 2.96.